The van der Waals surface area contributed by atoms with E-state index in [9.17, 15) is 18.0 Å². The lowest BCUT2D eigenvalue weighted by atomic mass is 10.1. The molecule has 1 amide bonds. The molecule has 0 atom stereocenters. The number of alkyl halides is 3. The smallest absolute Gasteiger partial charge is 0.348 e. The van der Waals surface area contributed by atoms with Crippen LogP contribution in [0.1, 0.15) is 32.6 Å². The van der Waals surface area contributed by atoms with Gasteiger partial charge in [-0.2, -0.15) is 13.2 Å². The number of halogens is 3. The van der Waals surface area contributed by atoms with Crippen LogP contribution in [0.15, 0.2) is 102 Å². The number of benzene rings is 3. The van der Waals surface area contributed by atoms with E-state index in [4.69, 9.17) is 0 Å². The summed E-state index contributed by atoms with van der Waals surface area (Å²) in [6.45, 7) is 2.03. The van der Waals surface area contributed by atoms with Crippen LogP contribution in [0.5, 0.6) is 0 Å². The molecule has 0 spiro atoms. The summed E-state index contributed by atoms with van der Waals surface area (Å²) in [7, 11) is 0. The van der Waals surface area contributed by atoms with Gasteiger partial charge in [-0.15, -0.1) is 10.2 Å². The van der Waals surface area contributed by atoms with Crippen LogP contribution in [0.3, 0.4) is 0 Å². The second kappa shape index (κ2) is 11.7. The van der Waals surface area contributed by atoms with Gasteiger partial charge in [0.25, 0.3) is 5.91 Å². The number of rotatable bonds is 8. The van der Waals surface area contributed by atoms with Gasteiger partial charge in [-0.1, -0.05) is 48.2 Å². The lowest BCUT2D eigenvalue weighted by molar-refractivity contribution is -0.137. The van der Waals surface area contributed by atoms with Crippen molar-refractivity contribution in [1.82, 2.24) is 25.1 Å². The highest BCUT2D eigenvalue weighted by atomic mass is 32.2. The number of aryl methyl sites for hydroxylation is 1. The zero-order valence-electron chi connectivity index (χ0n) is 21.4. The second-order valence-electron chi connectivity index (χ2n) is 9.08. The van der Waals surface area contributed by atoms with Crippen molar-refractivity contribution in [3.8, 4) is 17.1 Å². The highest BCUT2D eigenvalue weighted by Gasteiger charge is 2.30. The van der Waals surface area contributed by atoms with Crippen molar-refractivity contribution in [1.29, 1.82) is 0 Å². The first-order valence-corrected chi connectivity index (χ1v) is 13.4. The standard InChI is InChI=1S/C30H24F3N5OS/c1-20-4-2-7-26(16-20)38-27(23-12-14-34-15-13-23)36-37-29(38)40-19-21-8-10-24(11-9-21)28(39)35-18-22-5-3-6-25(17-22)30(31,32)33/h2-17H,18-19H2,1H3,(H,35,39). The van der Waals surface area contributed by atoms with E-state index in [1.807, 2.05) is 54.0 Å². The zero-order valence-corrected chi connectivity index (χ0v) is 22.2. The van der Waals surface area contributed by atoms with Gasteiger partial charge in [-0.05, 0) is 72.1 Å². The number of nitrogens with zero attached hydrogens (tertiary/aromatic N) is 4. The van der Waals surface area contributed by atoms with E-state index in [1.54, 1.807) is 30.6 Å². The van der Waals surface area contributed by atoms with E-state index in [-0.39, 0.29) is 12.5 Å². The third kappa shape index (κ3) is 6.40. The summed E-state index contributed by atoms with van der Waals surface area (Å²) in [6.07, 6.45) is -0.995. The van der Waals surface area contributed by atoms with E-state index in [0.29, 0.717) is 22.7 Å². The minimum Gasteiger partial charge on any atom is -0.348 e. The second-order valence-corrected chi connectivity index (χ2v) is 10.0. The lowest BCUT2D eigenvalue weighted by Crippen LogP contribution is -2.23. The first-order chi connectivity index (χ1) is 19.3. The Bertz CT molecular complexity index is 1620. The topological polar surface area (TPSA) is 72.7 Å². The van der Waals surface area contributed by atoms with Gasteiger partial charge >= 0.3 is 6.18 Å². The van der Waals surface area contributed by atoms with Gasteiger partial charge in [0.05, 0.1) is 5.56 Å². The van der Waals surface area contributed by atoms with Crippen molar-refractivity contribution in [3.05, 3.63) is 125 Å². The molecule has 6 nitrogen and oxygen atoms in total. The van der Waals surface area contributed by atoms with Crippen LogP contribution in [0.2, 0.25) is 0 Å². The maximum Gasteiger partial charge on any atom is 0.416 e. The highest BCUT2D eigenvalue weighted by Crippen LogP contribution is 2.31. The quantitative estimate of drug-likeness (QED) is 0.210. The molecule has 0 saturated heterocycles. The summed E-state index contributed by atoms with van der Waals surface area (Å²) < 4.78 is 40.8. The number of aromatic nitrogens is 4. The van der Waals surface area contributed by atoms with E-state index in [0.717, 1.165) is 39.7 Å². The summed E-state index contributed by atoms with van der Waals surface area (Å²) in [4.78, 5) is 16.7. The Morgan fingerprint density at radius 1 is 0.900 bits per heavy atom. The third-order valence-electron chi connectivity index (χ3n) is 6.12. The molecule has 202 valence electrons. The predicted octanol–water partition coefficient (Wildman–Crippen LogP) is 6.88. The first-order valence-electron chi connectivity index (χ1n) is 12.4. The molecule has 2 heterocycles. The number of hydrogen-bond acceptors (Lipinski definition) is 5. The Morgan fingerprint density at radius 2 is 1.65 bits per heavy atom. The molecule has 3 aromatic carbocycles. The van der Waals surface area contributed by atoms with Crippen molar-refractivity contribution >= 4 is 17.7 Å². The molecule has 0 bridgehead atoms. The third-order valence-corrected chi connectivity index (χ3v) is 7.12. The molecular formula is C30H24F3N5OS. The van der Waals surface area contributed by atoms with Crippen molar-refractivity contribution in [2.45, 2.75) is 30.6 Å². The van der Waals surface area contributed by atoms with E-state index in [1.165, 1.54) is 17.8 Å². The molecule has 0 unspecified atom stereocenters. The van der Waals surface area contributed by atoms with Crippen LogP contribution in [0.25, 0.3) is 17.1 Å². The van der Waals surface area contributed by atoms with Crippen LogP contribution < -0.4 is 5.32 Å². The Kier molecular flexibility index (Phi) is 7.97. The monoisotopic (exact) mass is 559 g/mol. The fourth-order valence-electron chi connectivity index (χ4n) is 4.09. The van der Waals surface area contributed by atoms with Gasteiger partial charge in [-0.25, -0.2) is 0 Å². The van der Waals surface area contributed by atoms with Crippen LogP contribution in [0, 0.1) is 6.92 Å². The first kappa shape index (κ1) is 27.1. The summed E-state index contributed by atoms with van der Waals surface area (Å²) in [5.41, 5.74) is 3.99. The number of pyridine rings is 1. The summed E-state index contributed by atoms with van der Waals surface area (Å²) >= 11 is 1.52. The number of hydrogen-bond donors (Lipinski definition) is 1. The van der Waals surface area contributed by atoms with Gasteiger partial charge in [0.15, 0.2) is 11.0 Å². The average molecular weight is 560 g/mol. The van der Waals surface area contributed by atoms with Crippen LogP contribution in [-0.2, 0) is 18.5 Å². The molecule has 0 aliphatic carbocycles. The van der Waals surface area contributed by atoms with Gasteiger partial charge in [0.2, 0.25) is 0 Å². The maximum atomic E-state index is 12.9. The van der Waals surface area contributed by atoms with E-state index in [2.05, 4.69) is 26.6 Å². The fraction of sp³-hybridized carbons (Fsp3) is 0.133. The summed E-state index contributed by atoms with van der Waals surface area (Å²) in [5, 5.41) is 12.3. The summed E-state index contributed by atoms with van der Waals surface area (Å²) in [6, 6.07) is 23.9. The van der Waals surface area contributed by atoms with Gasteiger partial charge in [0.1, 0.15) is 0 Å². The van der Waals surface area contributed by atoms with Crippen LogP contribution >= 0.6 is 11.8 Å². The van der Waals surface area contributed by atoms with Gasteiger partial charge in [0, 0.05) is 41.5 Å². The summed E-state index contributed by atoms with van der Waals surface area (Å²) in [5.74, 6) is 0.938. The van der Waals surface area contributed by atoms with E-state index < -0.39 is 11.7 Å². The van der Waals surface area contributed by atoms with Crippen molar-refractivity contribution < 1.29 is 18.0 Å². The molecule has 0 saturated carbocycles. The highest BCUT2D eigenvalue weighted by molar-refractivity contribution is 7.98. The van der Waals surface area contributed by atoms with E-state index >= 15 is 0 Å². The molecule has 40 heavy (non-hydrogen) atoms. The molecule has 5 rings (SSSR count). The molecule has 1 N–H and O–H groups in total. The number of carbonyl (C=O) groups excluding carboxylic acids is 1. The van der Waals surface area contributed by atoms with Crippen molar-refractivity contribution in [2.24, 2.45) is 0 Å². The minimum absolute atomic E-state index is 0.00517. The zero-order chi connectivity index (χ0) is 28.1. The predicted molar refractivity (Wildman–Crippen MR) is 148 cm³/mol. The number of nitrogens with one attached hydrogen (secondary N) is 1. The molecule has 0 radical (unpaired) electrons. The Balaban J connectivity index is 1.27. The molecule has 10 heteroatoms. The fourth-order valence-corrected chi connectivity index (χ4v) is 5.00. The number of thioether (sulfide) groups is 1. The molecule has 0 aliphatic rings. The minimum atomic E-state index is -4.43. The Hall–Kier alpha value is -4.44. The van der Waals surface area contributed by atoms with Crippen molar-refractivity contribution in [3.63, 3.8) is 0 Å². The molecule has 2 aromatic heterocycles. The van der Waals surface area contributed by atoms with Crippen molar-refractivity contribution in [2.75, 3.05) is 0 Å². The normalized spacial score (nSPS) is 11.4. The molecule has 0 aliphatic heterocycles. The van der Waals surface area contributed by atoms with Crippen LogP contribution in [0.4, 0.5) is 13.2 Å². The Labute approximate surface area is 233 Å². The molecular weight excluding hydrogens is 535 g/mol. The largest absolute Gasteiger partial charge is 0.416 e. The maximum absolute atomic E-state index is 12.9. The number of amides is 1. The molecule has 0 fully saturated rings. The van der Waals surface area contributed by atoms with Gasteiger partial charge < -0.3 is 5.32 Å². The molecule has 5 aromatic rings. The van der Waals surface area contributed by atoms with Gasteiger partial charge in [-0.3, -0.25) is 14.3 Å². The lowest BCUT2D eigenvalue weighted by Gasteiger charge is -2.11. The SMILES string of the molecule is Cc1cccc(-n2c(SCc3ccc(C(=O)NCc4cccc(C(F)(F)F)c4)cc3)nnc2-c2ccncc2)c1. The number of carbonyl (C=O) groups is 1. The average Bonchev–Trinajstić information content (AvgIpc) is 3.39. The Morgan fingerprint density at radius 3 is 2.38 bits per heavy atom. The van der Waals surface area contributed by atoms with Crippen LogP contribution in [-0.4, -0.2) is 25.7 Å².